The zero-order valence-corrected chi connectivity index (χ0v) is 11.5. The Morgan fingerprint density at radius 2 is 1.81 bits per heavy atom. The lowest BCUT2D eigenvalue weighted by Crippen LogP contribution is -2.03. The number of halogens is 2. The first-order valence-electron chi connectivity index (χ1n) is 4.98. The van der Waals surface area contributed by atoms with Gasteiger partial charge in [0.15, 0.2) is 0 Å². The van der Waals surface area contributed by atoms with Crippen molar-refractivity contribution < 1.29 is 4.74 Å². The number of benzene rings is 2. The van der Waals surface area contributed by atoms with Gasteiger partial charge in [-0.25, -0.2) is 0 Å². The van der Waals surface area contributed by atoms with Crippen molar-refractivity contribution in [2.24, 2.45) is 0 Å². The predicted molar refractivity (Wildman–Crippen MR) is 71.2 cm³/mol. The lowest BCUT2D eigenvalue weighted by Gasteiger charge is -2.21. The molecule has 0 fully saturated rings. The van der Waals surface area contributed by atoms with E-state index < -0.39 is 0 Å². The maximum absolute atomic E-state index is 5.90. The van der Waals surface area contributed by atoms with E-state index in [0.29, 0.717) is 0 Å². The highest BCUT2D eigenvalue weighted by atomic mass is 79.9. The van der Waals surface area contributed by atoms with Gasteiger partial charge in [0.1, 0.15) is 11.5 Å². The minimum absolute atomic E-state index is 0.920. The van der Waals surface area contributed by atoms with E-state index >= 15 is 0 Å². The molecule has 3 heteroatoms. The standard InChI is InChI=1S/C13H8Br2O/c14-10-6-9-5-8-3-1-2-4-12(8)16-13(9)11(15)7-10/h1-4,6-7H,5H2. The number of hydrogen-bond donors (Lipinski definition) is 0. The number of para-hydroxylation sites is 1. The van der Waals surface area contributed by atoms with Crippen LogP contribution >= 0.6 is 31.9 Å². The highest BCUT2D eigenvalue weighted by Crippen LogP contribution is 2.42. The summed E-state index contributed by atoms with van der Waals surface area (Å²) in [6.45, 7) is 0. The molecule has 1 nitrogen and oxygen atoms in total. The lowest BCUT2D eigenvalue weighted by molar-refractivity contribution is 0.457. The van der Waals surface area contributed by atoms with Gasteiger partial charge < -0.3 is 4.74 Å². The molecule has 1 heterocycles. The van der Waals surface area contributed by atoms with Crippen molar-refractivity contribution in [3.63, 3.8) is 0 Å². The van der Waals surface area contributed by atoms with Gasteiger partial charge in [-0.3, -0.25) is 0 Å². The molecule has 1 aliphatic rings. The molecule has 0 aliphatic carbocycles. The molecule has 0 bridgehead atoms. The fourth-order valence-electron chi connectivity index (χ4n) is 1.92. The van der Waals surface area contributed by atoms with E-state index in [2.05, 4.69) is 44.0 Å². The predicted octanol–water partition coefficient (Wildman–Crippen LogP) is 4.91. The molecule has 2 aromatic carbocycles. The monoisotopic (exact) mass is 338 g/mol. The first-order valence-corrected chi connectivity index (χ1v) is 6.56. The summed E-state index contributed by atoms with van der Waals surface area (Å²) >= 11 is 7.03. The second-order valence-electron chi connectivity index (χ2n) is 3.76. The van der Waals surface area contributed by atoms with Gasteiger partial charge in [0, 0.05) is 16.5 Å². The van der Waals surface area contributed by atoms with Crippen LogP contribution in [0.25, 0.3) is 0 Å². The maximum atomic E-state index is 5.90. The van der Waals surface area contributed by atoms with E-state index in [1.165, 1.54) is 11.1 Å². The van der Waals surface area contributed by atoms with Crippen molar-refractivity contribution >= 4 is 31.9 Å². The van der Waals surface area contributed by atoms with Crippen LogP contribution in [0.15, 0.2) is 45.3 Å². The average molecular weight is 340 g/mol. The van der Waals surface area contributed by atoms with Crippen LogP contribution in [0.3, 0.4) is 0 Å². The molecule has 0 unspecified atom stereocenters. The molecular weight excluding hydrogens is 332 g/mol. The van der Waals surface area contributed by atoms with Crippen molar-refractivity contribution in [2.75, 3.05) is 0 Å². The van der Waals surface area contributed by atoms with Crippen LogP contribution in [0.4, 0.5) is 0 Å². The van der Waals surface area contributed by atoms with E-state index in [4.69, 9.17) is 4.74 Å². The van der Waals surface area contributed by atoms with Crippen LogP contribution in [-0.4, -0.2) is 0 Å². The molecule has 3 rings (SSSR count). The summed E-state index contributed by atoms with van der Waals surface area (Å²) in [6.07, 6.45) is 0.920. The molecule has 2 aromatic rings. The van der Waals surface area contributed by atoms with Crippen molar-refractivity contribution in [2.45, 2.75) is 6.42 Å². The Kier molecular flexibility index (Phi) is 2.52. The third-order valence-electron chi connectivity index (χ3n) is 2.65. The first-order chi connectivity index (χ1) is 7.74. The Labute approximate surface area is 111 Å². The summed E-state index contributed by atoms with van der Waals surface area (Å²) in [5.41, 5.74) is 2.44. The number of hydrogen-bond acceptors (Lipinski definition) is 1. The molecule has 80 valence electrons. The van der Waals surface area contributed by atoms with Crippen LogP contribution in [0.2, 0.25) is 0 Å². The Hall–Kier alpha value is -0.800. The second-order valence-corrected chi connectivity index (χ2v) is 5.53. The third kappa shape index (κ3) is 1.68. The Morgan fingerprint density at radius 3 is 2.69 bits per heavy atom. The fraction of sp³-hybridized carbons (Fsp3) is 0.0769. The van der Waals surface area contributed by atoms with Gasteiger partial charge in [-0.1, -0.05) is 34.1 Å². The average Bonchev–Trinajstić information content (AvgIpc) is 2.27. The molecule has 0 N–H and O–H groups in total. The van der Waals surface area contributed by atoms with Crippen LogP contribution in [0.1, 0.15) is 11.1 Å². The van der Waals surface area contributed by atoms with Crippen LogP contribution < -0.4 is 4.74 Å². The zero-order valence-electron chi connectivity index (χ0n) is 8.34. The van der Waals surface area contributed by atoms with Crippen molar-refractivity contribution in [1.29, 1.82) is 0 Å². The van der Waals surface area contributed by atoms with Crippen LogP contribution in [0, 0.1) is 0 Å². The normalized spacial score (nSPS) is 12.6. The molecule has 16 heavy (non-hydrogen) atoms. The molecule has 0 saturated heterocycles. The molecular formula is C13H8Br2O. The topological polar surface area (TPSA) is 9.23 Å². The van der Waals surface area contributed by atoms with Gasteiger partial charge in [-0.15, -0.1) is 0 Å². The van der Waals surface area contributed by atoms with Crippen LogP contribution in [0.5, 0.6) is 11.5 Å². The second kappa shape index (κ2) is 3.90. The SMILES string of the molecule is Brc1cc(Br)c2c(c1)Cc1ccccc1O2. The summed E-state index contributed by atoms with van der Waals surface area (Å²) in [4.78, 5) is 0. The molecule has 0 atom stereocenters. The molecule has 0 aromatic heterocycles. The zero-order chi connectivity index (χ0) is 11.1. The quantitative estimate of drug-likeness (QED) is 0.565. The van der Waals surface area contributed by atoms with Gasteiger partial charge in [-0.05, 0) is 39.7 Å². The van der Waals surface area contributed by atoms with Gasteiger partial charge in [0.05, 0.1) is 4.47 Å². The van der Waals surface area contributed by atoms with Crippen molar-refractivity contribution in [3.05, 3.63) is 56.5 Å². The largest absolute Gasteiger partial charge is 0.456 e. The summed E-state index contributed by atoms with van der Waals surface area (Å²) in [5.74, 6) is 1.89. The van der Waals surface area contributed by atoms with E-state index in [0.717, 1.165) is 26.9 Å². The molecule has 1 aliphatic heterocycles. The summed E-state index contributed by atoms with van der Waals surface area (Å²) < 4.78 is 7.96. The Morgan fingerprint density at radius 1 is 1.00 bits per heavy atom. The van der Waals surface area contributed by atoms with E-state index in [1.54, 1.807) is 0 Å². The van der Waals surface area contributed by atoms with Gasteiger partial charge in [0.25, 0.3) is 0 Å². The maximum Gasteiger partial charge on any atom is 0.145 e. The van der Waals surface area contributed by atoms with Gasteiger partial charge in [0.2, 0.25) is 0 Å². The van der Waals surface area contributed by atoms with Gasteiger partial charge >= 0.3 is 0 Å². The molecule has 0 saturated carbocycles. The number of ether oxygens (including phenoxy) is 1. The number of fused-ring (bicyclic) bond motifs is 2. The summed E-state index contributed by atoms with van der Waals surface area (Å²) in [5, 5.41) is 0. The summed E-state index contributed by atoms with van der Waals surface area (Å²) in [7, 11) is 0. The van der Waals surface area contributed by atoms with Gasteiger partial charge in [-0.2, -0.15) is 0 Å². The van der Waals surface area contributed by atoms with Crippen molar-refractivity contribution in [1.82, 2.24) is 0 Å². The molecule has 0 spiro atoms. The van der Waals surface area contributed by atoms with Crippen LogP contribution in [-0.2, 0) is 6.42 Å². The molecule has 0 radical (unpaired) electrons. The van der Waals surface area contributed by atoms with E-state index in [-0.39, 0.29) is 0 Å². The fourth-order valence-corrected chi connectivity index (χ4v) is 3.32. The summed E-state index contributed by atoms with van der Waals surface area (Å²) in [6, 6.07) is 12.3. The highest BCUT2D eigenvalue weighted by molar-refractivity contribution is 9.11. The lowest BCUT2D eigenvalue weighted by atomic mass is 10.0. The first kappa shape index (κ1) is 10.4. The minimum Gasteiger partial charge on any atom is -0.456 e. The highest BCUT2D eigenvalue weighted by Gasteiger charge is 2.19. The molecule has 0 amide bonds. The smallest absolute Gasteiger partial charge is 0.145 e. The Bertz CT molecular complexity index is 564. The number of rotatable bonds is 0. The Balaban J connectivity index is 2.15. The van der Waals surface area contributed by atoms with E-state index in [1.807, 2.05) is 24.3 Å². The minimum atomic E-state index is 0.920. The third-order valence-corrected chi connectivity index (χ3v) is 3.70. The van der Waals surface area contributed by atoms with Crippen molar-refractivity contribution in [3.8, 4) is 11.5 Å². The van der Waals surface area contributed by atoms with E-state index in [9.17, 15) is 0 Å².